The van der Waals surface area contributed by atoms with E-state index in [4.69, 9.17) is 9.57 Å². The molecule has 0 bridgehead atoms. The Morgan fingerprint density at radius 1 is 1.73 bits per heavy atom. The third kappa shape index (κ3) is 2.92. The van der Waals surface area contributed by atoms with E-state index in [-0.39, 0.29) is 17.5 Å². The number of carbonyl (C=O) groups is 1. The van der Waals surface area contributed by atoms with Crippen molar-refractivity contribution in [2.24, 2.45) is 17.0 Å². The largest absolute Gasteiger partial charge is 0.461 e. The van der Waals surface area contributed by atoms with Crippen molar-refractivity contribution < 1.29 is 19.5 Å². The Morgan fingerprint density at radius 3 is 2.93 bits per heavy atom. The second-order valence-electron chi connectivity index (χ2n) is 3.87. The fraction of sp³-hybridized carbons (Fsp3) is 0.800. The Kier molecular flexibility index (Phi) is 4.08. The van der Waals surface area contributed by atoms with Gasteiger partial charge < -0.3 is 14.7 Å². The van der Waals surface area contributed by atoms with Crippen LogP contribution in [0.3, 0.4) is 0 Å². The average Bonchev–Trinajstić information content (AvgIpc) is 2.18. The van der Waals surface area contributed by atoms with Crippen LogP contribution in [0.1, 0.15) is 27.2 Å². The molecule has 1 rings (SSSR count). The number of hydrogen-bond donors (Lipinski definition) is 1. The number of ether oxygens (including phenoxy) is 1. The summed E-state index contributed by atoms with van der Waals surface area (Å²) in [7, 11) is 0. The van der Waals surface area contributed by atoms with Crippen LogP contribution in [-0.2, 0) is 14.4 Å². The summed E-state index contributed by atoms with van der Waals surface area (Å²) in [6.07, 6.45) is -0.527. The SMILES string of the molecule is CCOC(=O)C1=NOC(O)C(C(C)C)C1. The van der Waals surface area contributed by atoms with Crippen LogP contribution in [0.2, 0.25) is 0 Å². The molecule has 0 aromatic rings. The van der Waals surface area contributed by atoms with Crippen LogP contribution in [0, 0.1) is 11.8 Å². The molecule has 0 aromatic carbocycles. The van der Waals surface area contributed by atoms with Crippen molar-refractivity contribution in [3.05, 3.63) is 0 Å². The summed E-state index contributed by atoms with van der Waals surface area (Å²) < 4.78 is 4.81. The maximum Gasteiger partial charge on any atom is 0.356 e. The highest BCUT2D eigenvalue weighted by molar-refractivity contribution is 6.36. The molecule has 1 heterocycles. The highest BCUT2D eigenvalue weighted by Gasteiger charge is 2.33. The first-order chi connectivity index (χ1) is 7.06. The van der Waals surface area contributed by atoms with E-state index in [2.05, 4.69) is 5.16 Å². The van der Waals surface area contributed by atoms with Gasteiger partial charge in [0.1, 0.15) is 0 Å². The van der Waals surface area contributed by atoms with Crippen LogP contribution in [0.5, 0.6) is 0 Å². The lowest BCUT2D eigenvalue weighted by molar-refractivity contribution is -0.154. The standard InChI is InChI=1S/C10H17NO4/c1-4-14-10(13)8-5-7(6(2)3)9(12)15-11-8/h6-7,9,12H,4-5H2,1-3H3. The number of hydrogen-bond acceptors (Lipinski definition) is 5. The van der Waals surface area contributed by atoms with Crippen molar-refractivity contribution in [1.29, 1.82) is 0 Å². The van der Waals surface area contributed by atoms with Gasteiger partial charge in [0.15, 0.2) is 5.71 Å². The van der Waals surface area contributed by atoms with Gasteiger partial charge in [-0.1, -0.05) is 19.0 Å². The van der Waals surface area contributed by atoms with Crippen LogP contribution in [0.15, 0.2) is 5.16 Å². The summed E-state index contributed by atoms with van der Waals surface area (Å²) in [4.78, 5) is 16.1. The summed E-state index contributed by atoms with van der Waals surface area (Å²) in [5.74, 6) is -0.350. The lowest BCUT2D eigenvalue weighted by atomic mass is 9.89. The lowest BCUT2D eigenvalue weighted by Crippen LogP contribution is -2.36. The number of rotatable bonds is 3. The zero-order valence-electron chi connectivity index (χ0n) is 9.27. The zero-order valence-corrected chi connectivity index (χ0v) is 9.27. The van der Waals surface area contributed by atoms with Gasteiger partial charge in [-0.2, -0.15) is 0 Å². The molecule has 0 fully saturated rings. The van der Waals surface area contributed by atoms with Crippen LogP contribution in [-0.4, -0.2) is 29.7 Å². The van der Waals surface area contributed by atoms with E-state index in [1.165, 1.54) is 0 Å². The number of aliphatic hydroxyl groups is 1. The Morgan fingerprint density at radius 2 is 2.40 bits per heavy atom. The lowest BCUT2D eigenvalue weighted by Gasteiger charge is -2.28. The highest BCUT2D eigenvalue weighted by atomic mass is 16.7. The maximum atomic E-state index is 11.4. The van der Waals surface area contributed by atoms with Crippen molar-refractivity contribution in [3.63, 3.8) is 0 Å². The molecule has 0 saturated carbocycles. The van der Waals surface area contributed by atoms with Gasteiger partial charge in [0.05, 0.1) is 6.61 Å². The van der Waals surface area contributed by atoms with Gasteiger partial charge in [-0.15, -0.1) is 0 Å². The van der Waals surface area contributed by atoms with E-state index < -0.39 is 12.3 Å². The predicted molar refractivity (Wildman–Crippen MR) is 54.1 cm³/mol. The topological polar surface area (TPSA) is 68.1 Å². The van der Waals surface area contributed by atoms with Gasteiger partial charge in [-0.05, 0) is 12.8 Å². The first kappa shape index (κ1) is 12.0. The Hall–Kier alpha value is -1.10. The smallest absolute Gasteiger partial charge is 0.356 e. The molecule has 2 atom stereocenters. The summed E-state index contributed by atoms with van der Waals surface area (Å²) in [5, 5.41) is 13.0. The third-order valence-corrected chi connectivity index (χ3v) is 2.43. The van der Waals surface area contributed by atoms with Crippen LogP contribution >= 0.6 is 0 Å². The normalized spacial score (nSPS) is 25.8. The van der Waals surface area contributed by atoms with Gasteiger partial charge >= 0.3 is 5.97 Å². The molecule has 15 heavy (non-hydrogen) atoms. The second kappa shape index (κ2) is 5.11. The van der Waals surface area contributed by atoms with E-state index in [9.17, 15) is 9.90 Å². The number of aliphatic hydroxyl groups excluding tert-OH is 1. The minimum atomic E-state index is -0.928. The summed E-state index contributed by atoms with van der Waals surface area (Å²) in [6.45, 7) is 5.97. The fourth-order valence-electron chi connectivity index (χ4n) is 1.46. The van der Waals surface area contributed by atoms with E-state index in [0.29, 0.717) is 13.0 Å². The number of oxime groups is 1. The first-order valence-electron chi connectivity index (χ1n) is 5.14. The van der Waals surface area contributed by atoms with Crippen LogP contribution in [0.4, 0.5) is 0 Å². The Balaban J connectivity index is 2.66. The molecule has 1 aliphatic heterocycles. The Labute approximate surface area is 89.1 Å². The molecule has 0 aliphatic carbocycles. The molecule has 1 N–H and O–H groups in total. The van der Waals surface area contributed by atoms with Gasteiger partial charge in [0.25, 0.3) is 0 Å². The number of carbonyl (C=O) groups excluding carboxylic acids is 1. The molecule has 0 aromatic heterocycles. The third-order valence-electron chi connectivity index (χ3n) is 2.43. The summed E-state index contributed by atoms with van der Waals surface area (Å²) >= 11 is 0. The molecule has 5 heteroatoms. The maximum absolute atomic E-state index is 11.4. The molecule has 0 saturated heterocycles. The fourth-order valence-corrected chi connectivity index (χ4v) is 1.46. The van der Waals surface area contributed by atoms with Crippen molar-refractivity contribution >= 4 is 11.7 Å². The summed E-state index contributed by atoms with van der Waals surface area (Å²) in [6, 6.07) is 0. The molecular weight excluding hydrogens is 198 g/mol. The van der Waals surface area contributed by atoms with E-state index in [1.807, 2.05) is 13.8 Å². The molecule has 0 amide bonds. The molecule has 0 spiro atoms. The monoisotopic (exact) mass is 215 g/mol. The van der Waals surface area contributed by atoms with Crippen LogP contribution in [0.25, 0.3) is 0 Å². The second-order valence-corrected chi connectivity index (χ2v) is 3.87. The van der Waals surface area contributed by atoms with Crippen molar-refractivity contribution in [2.45, 2.75) is 33.5 Å². The van der Waals surface area contributed by atoms with Crippen molar-refractivity contribution in [1.82, 2.24) is 0 Å². The van der Waals surface area contributed by atoms with Crippen LogP contribution < -0.4 is 0 Å². The van der Waals surface area contributed by atoms with Crippen molar-refractivity contribution in [3.8, 4) is 0 Å². The van der Waals surface area contributed by atoms with E-state index in [1.54, 1.807) is 6.92 Å². The molecule has 86 valence electrons. The van der Waals surface area contributed by atoms with Gasteiger partial charge in [0, 0.05) is 12.3 Å². The average molecular weight is 215 g/mol. The summed E-state index contributed by atoms with van der Waals surface area (Å²) in [5.41, 5.74) is 0.251. The first-order valence-corrected chi connectivity index (χ1v) is 5.14. The number of esters is 1. The van der Waals surface area contributed by atoms with Crippen molar-refractivity contribution in [2.75, 3.05) is 6.61 Å². The quantitative estimate of drug-likeness (QED) is 0.711. The van der Waals surface area contributed by atoms with Gasteiger partial charge in [0.2, 0.25) is 6.29 Å². The van der Waals surface area contributed by atoms with E-state index >= 15 is 0 Å². The predicted octanol–water partition coefficient (Wildman–Crippen LogP) is 0.916. The molecule has 5 nitrogen and oxygen atoms in total. The molecule has 1 aliphatic rings. The Bertz CT molecular complexity index is 262. The zero-order chi connectivity index (χ0) is 11.4. The molecule has 0 radical (unpaired) electrons. The molecule has 2 unspecified atom stereocenters. The molecular formula is C10H17NO4. The van der Waals surface area contributed by atoms with Gasteiger partial charge in [-0.25, -0.2) is 4.79 Å². The highest BCUT2D eigenvalue weighted by Crippen LogP contribution is 2.25. The minimum absolute atomic E-state index is 0.109. The minimum Gasteiger partial charge on any atom is -0.461 e. The number of nitrogens with zero attached hydrogens (tertiary/aromatic N) is 1. The van der Waals surface area contributed by atoms with E-state index in [0.717, 1.165) is 0 Å². The van der Waals surface area contributed by atoms with Gasteiger partial charge in [-0.3, -0.25) is 0 Å².